The molecule has 0 saturated carbocycles. The second kappa shape index (κ2) is 5.70. The first-order chi connectivity index (χ1) is 9.63. The fourth-order valence-electron chi connectivity index (χ4n) is 2.85. The lowest BCUT2D eigenvalue weighted by Gasteiger charge is -2.36. The highest BCUT2D eigenvalue weighted by molar-refractivity contribution is 5.33. The van der Waals surface area contributed by atoms with E-state index in [4.69, 9.17) is 14.5 Å². The molecule has 3 rings (SSSR count). The average Bonchev–Trinajstić information content (AvgIpc) is 2.90. The van der Waals surface area contributed by atoms with Gasteiger partial charge in [0.2, 0.25) is 5.88 Å². The Balaban J connectivity index is 1.83. The highest BCUT2D eigenvalue weighted by Crippen LogP contribution is 2.33. The topological polar surface area (TPSA) is 34.6 Å². The maximum Gasteiger partial charge on any atom is 0.217 e. The van der Waals surface area contributed by atoms with E-state index in [2.05, 4.69) is 37.9 Å². The van der Waals surface area contributed by atoms with Crippen LogP contribution in [-0.4, -0.2) is 49.3 Å². The van der Waals surface area contributed by atoms with Crippen molar-refractivity contribution in [2.24, 2.45) is 0 Å². The van der Waals surface area contributed by atoms with E-state index in [1.54, 1.807) is 0 Å². The SMILES string of the molecule is CC(C)c1ccc([C@H]2CCOC2)c(OC2CN(C)C2)n1. The van der Waals surface area contributed by atoms with Crippen LogP contribution < -0.4 is 4.74 Å². The first-order valence-corrected chi connectivity index (χ1v) is 7.57. The highest BCUT2D eigenvalue weighted by atomic mass is 16.5. The highest BCUT2D eigenvalue weighted by Gasteiger charge is 2.29. The van der Waals surface area contributed by atoms with Gasteiger partial charge in [-0.25, -0.2) is 4.98 Å². The summed E-state index contributed by atoms with van der Waals surface area (Å²) in [5, 5.41) is 0. The molecule has 4 nitrogen and oxygen atoms in total. The maximum atomic E-state index is 6.15. The van der Waals surface area contributed by atoms with Crippen molar-refractivity contribution in [1.82, 2.24) is 9.88 Å². The van der Waals surface area contributed by atoms with Gasteiger partial charge in [-0.2, -0.15) is 0 Å². The molecule has 0 spiro atoms. The standard InChI is InChI=1S/C16H24N2O2/c1-11(2)15-5-4-14(12-6-7-19-10-12)16(17-15)20-13-8-18(3)9-13/h4-5,11-13H,6-10H2,1-3H3/t12-/m0/s1. The summed E-state index contributed by atoms with van der Waals surface area (Å²) in [4.78, 5) is 7.03. The maximum absolute atomic E-state index is 6.15. The van der Waals surface area contributed by atoms with Crippen LogP contribution in [0.5, 0.6) is 5.88 Å². The quantitative estimate of drug-likeness (QED) is 0.846. The molecule has 2 aliphatic rings. The van der Waals surface area contributed by atoms with Gasteiger partial charge in [0.25, 0.3) is 0 Å². The summed E-state index contributed by atoms with van der Waals surface area (Å²) in [5.41, 5.74) is 2.33. The first-order valence-electron chi connectivity index (χ1n) is 7.57. The van der Waals surface area contributed by atoms with E-state index in [1.165, 1.54) is 5.56 Å². The van der Waals surface area contributed by atoms with E-state index in [9.17, 15) is 0 Å². The third kappa shape index (κ3) is 2.81. The number of hydrogen-bond acceptors (Lipinski definition) is 4. The Bertz CT molecular complexity index is 464. The molecule has 1 atom stereocenters. The Morgan fingerprint density at radius 3 is 2.75 bits per heavy atom. The van der Waals surface area contributed by atoms with Gasteiger partial charge in [0.1, 0.15) is 6.10 Å². The predicted octanol–water partition coefficient (Wildman–Crippen LogP) is 2.40. The van der Waals surface area contributed by atoms with Gasteiger partial charge in [0.15, 0.2) is 0 Å². The Morgan fingerprint density at radius 1 is 1.35 bits per heavy atom. The Morgan fingerprint density at radius 2 is 2.15 bits per heavy atom. The predicted molar refractivity (Wildman–Crippen MR) is 78.4 cm³/mol. The van der Waals surface area contributed by atoms with Crippen molar-refractivity contribution in [3.63, 3.8) is 0 Å². The molecule has 2 fully saturated rings. The minimum atomic E-state index is 0.288. The number of rotatable bonds is 4. The van der Waals surface area contributed by atoms with Crippen LogP contribution in [0.25, 0.3) is 0 Å². The van der Waals surface area contributed by atoms with Crippen LogP contribution >= 0.6 is 0 Å². The van der Waals surface area contributed by atoms with Crippen LogP contribution in [0, 0.1) is 0 Å². The van der Waals surface area contributed by atoms with Crippen LogP contribution in [0.1, 0.15) is 43.4 Å². The number of hydrogen-bond donors (Lipinski definition) is 0. The molecular weight excluding hydrogens is 252 g/mol. The van der Waals surface area contributed by atoms with Crippen molar-refractivity contribution in [3.8, 4) is 5.88 Å². The van der Waals surface area contributed by atoms with Crippen LogP contribution in [0.15, 0.2) is 12.1 Å². The molecule has 1 aromatic heterocycles. The van der Waals surface area contributed by atoms with Crippen molar-refractivity contribution >= 4 is 0 Å². The molecule has 3 heterocycles. The van der Waals surface area contributed by atoms with Gasteiger partial charge < -0.3 is 9.47 Å². The summed E-state index contributed by atoms with van der Waals surface area (Å²) in [5.74, 6) is 1.71. The van der Waals surface area contributed by atoms with Crippen molar-refractivity contribution in [2.45, 2.75) is 38.2 Å². The minimum Gasteiger partial charge on any atom is -0.471 e. The fourth-order valence-corrected chi connectivity index (χ4v) is 2.85. The van der Waals surface area contributed by atoms with Crippen LogP contribution in [0.3, 0.4) is 0 Å². The summed E-state index contributed by atoms with van der Waals surface area (Å²) < 4.78 is 11.7. The molecule has 0 aliphatic carbocycles. The molecular formula is C16H24N2O2. The van der Waals surface area contributed by atoms with Crippen molar-refractivity contribution < 1.29 is 9.47 Å². The molecule has 0 unspecified atom stereocenters. The molecule has 2 aliphatic heterocycles. The average molecular weight is 276 g/mol. The second-order valence-corrected chi connectivity index (χ2v) is 6.31. The number of pyridine rings is 1. The number of aromatic nitrogens is 1. The molecule has 1 aromatic rings. The summed E-state index contributed by atoms with van der Waals surface area (Å²) >= 11 is 0. The largest absolute Gasteiger partial charge is 0.471 e. The number of likely N-dealkylation sites (N-methyl/N-ethyl adjacent to an activating group) is 1. The first kappa shape index (κ1) is 13.8. The molecule has 0 radical (unpaired) electrons. The van der Waals surface area contributed by atoms with Gasteiger partial charge in [-0.1, -0.05) is 19.9 Å². The van der Waals surface area contributed by atoms with Crippen LogP contribution in [-0.2, 0) is 4.74 Å². The molecule has 4 heteroatoms. The zero-order chi connectivity index (χ0) is 14.1. The molecule has 0 aromatic carbocycles. The second-order valence-electron chi connectivity index (χ2n) is 6.31. The number of likely N-dealkylation sites (tertiary alicyclic amines) is 1. The Hall–Kier alpha value is -1.13. The van der Waals surface area contributed by atoms with Gasteiger partial charge >= 0.3 is 0 Å². The van der Waals surface area contributed by atoms with Crippen molar-refractivity contribution in [1.29, 1.82) is 0 Å². The van der Waals surface area contributed by atoms with Gasteiger partial charge in [-0.3, -0.25) is 4.90 Å². The van der Waals surface area contributed by atoms with Gasteiger partial charge in [-0.05, 0) is 25.5 Å². The lowest BCUT2D eigenvalue weighted by Crippen LogP contribution is -2.51. The van der Waals surface area contributed by atoms with E-state index in [-0.39, 0.29) is 6.10 Å². The Kier molecular flexibility index (Phi) is 3.94. The third-order valence-corrected chi connectivity index (χ3v) is 4.18. The summed E-state index contributed by atoms with van der Waals surface area (Å²) in [7, 11) is 2.11. The third-order valence-electron chi connectivity index (χ3n) is 4.18. The van der Waals surface area contributed by atoms with Crippen LogP contribution in [0.4, 0.5) is 0 Å². The van der Waals surface area contributed by atoms with Crippen molar-refractivity contribution in [3.05, 3.63) is 23.4 Å². The smallest absolute Gasteiger partial charge is 0.217 e. The summed E-state index contributed by atoms with van der Waals surface area (Å²) in [6.07, 6.45) is 1.36. The monoisotopic (exact) mass is 276 g/mol. The summed E-state index contributed by atoms with van der Waals surface area (Å²) in [6.45, 7) is 7.97. The van der Waals surface area contributed by atoms with Gasteiger partial charge in [0.05, 0.1) is 6.61 Å². The molecule has 0 N–H and O–H groups in total. The molecule has 110 valence electrons. The lowest BCUT2D eigenvalue weighted by molar-refractivity contribution is 0.0343. The Labute approximate surface area is 121 Å². The lowest BCUT2D eigenvalue weighted by atomic mass is 9.98. The van der Waals surface area contributed by atoms with E-state index >= 15 is 0 Å². The molecule has 2 saturated heterocycles. The molecule has 0 amide bonds. The number of nitrogens with zero attached hydrogens (tertiary/aromatic N) is 2. The van der Waals surface area contributed by atoms with Crippen molar-refractivity contribution in [2.75, 3.05) is 33.4 Å². The van der Waals surface area contributed by atoms with E-state index in [0.29, 0.717) is 11.8 Å². The van der Waals surface area contributed by atoms with E-state index in [1.807, 2.05) is 0 Å². The zero-order valence-electron chi connectivity index (χ0n) is 12.6. The molecule has 0 bridgehead atoms. The fraction of sp³-hybridized carbons (Fsp3) is 0.688. The van der Waals surface area contributed by atoms with Gasteiger partial charge in [-0.15, -0.1) is 0 Å². The van der Waals surface area contributed by atoms with Gasteiger partial charge in [0, 0.05) is 36.9 Å². The summed E-state index contributed by atoms with van der Waals surface area (Å²) in [6, 6.07) is 4.33. The number of ether oxygens (including phenoxy) is 2. The normalized spacial score (nSPS) is 24.1. The van der Waals surface area contributed by atoms with E-state index < -0.39 is 0 Å². The zero-order valence-corrected chi connectivity index (χ0v) is 12.6. The van der Waals surface area contributed by atoms with Crippen LogP contribution in [0.2, 0.25) is 0 Å². The minimum absolute atomic E-state index is 0.288. The van der Waals surface area contributed by atoms with E-state index in [0.717, 1.165) is 44.3 Å². The molecule has 20 heavy (non-hydrogen) atoms.